The van der Waals surface area contributed by atoms with Gasteiger partial charge in [0.15, 0.2) is 5.82 Å². The van der Waals surface area contributed by atoms with E-state index in [0.29, 0.717) is 18.1 Å². The first-order valence-corrected chi connectivity index (χ1v) is 13.4. The Labute approximate surface area is 235 Å². The van der Waals surface area contributed by atoms with Crippen LogP contribution < -0.4 is 5.32 Å². The first-order valence-electron chi connectivity index (χ1n) is 13.4. The van der Waals surface area contributed by atoms with Crippen LogP contribution >= 0.6 is 0 Å². The summed E-state index contributed by atoms with van der Waals surface area (Å²) in [5.41, 5.74) is 4.86. The van der Waals surface area contributed by atoms with Crippen LogP contribution in [0.3, 0.4) is 0 Å². The van der Waals surface area contributed by atoms with E-state index < -0.39 is 18.5 Å². The largest absolute Gasteiger partial charge is 0.389 e. The van der Waals surface area contributed by atoms with Gasteiger partial charge in [-0.2, -0.15) is 23.5 Å². The predicted molar refractivity (Wildman–Crippen MR) is 148 cm³/mol. The molecule has 1 aliphatic rings. The number of amides is 1. The van der Waals surface area contributed by atoms with Crippen molar-refractivity contribution in [3.63, 3.8) is 0 Å². The summed E-state index contributed by atoms with van der Waals surface area (Å²) in [6.45, 7) is 8.29. The van der Waals surface area contributed by atoms with Gasteiger partial charge in [0, 0.05) is 61.0 Å². The molecule has 1 aliphatic heterocycles. The number of carbonyl (C=O) groups excluding carboxylic acids is 1. The molecular formula is C29H31F3N8O. The lowest BCUT2D eigenvalue weighted by molar-refractivity contribution is -0.134. The molecule has 0 aliphatic carbocycles. The summed E-state index contributed by atoms with van der Waals surface area (Å²) in [6, 6.07) is 8.39. The lowest BCUT2D eigenvalue weighted by Gasteiger charge is -2.33. The van der Waals surface area contributed by atoms with Crippen LogP contribution in [0.15, 0.2) is 49.4 Å². The Morgan fingerprint density at radius 1 is 1.29 bits per heavy atom. The Morgan fingerprint density at radius 3 is 2.73 bits per heavy atom. The number of aryl methyl sites for hydroxylation is 2. The lowest BCUT2D eigenvalue weighted by atomic mass is 10.0. The Kier molecular flexibility index (Phi) is 7.99. The monoisotopic (exact) mass is 564 g/mol. The van der Waals surface area contributed by atoms with E-state index >= 15 is 0 Å². The van der Waals surface area contributed by atoms with Crippen LogP contribution in [0.25, 0.3) is 10.9 Å². The molecule has 9 nitrogen and oxygen atoms in total. The van der Waals surface area contributed by atoms with Crippen LogP contribution in [0.4, 0.5) is 19.0 Å². The number of rotatable bonds is 9. The van der Waals surface area contributed by atoms with Gasteiger partial charge in [-0.05, 0) is 49.1 Å². The van der Waals surface area contributed by atoms with Gasteiger partial charge in [0.05, 0.1) is 19.2 Å². The quantitative estimate of drug-likeness (QED) is 0.270. The standard InChI is InChI=1S/C29H31F3N8O/c1-3-28(41)37-26-18-40(27(36-26)6-9-29(30,31)32)22-7-10-38(11-8-22)17-21-4-5-25-24(19(21)2)12-23(13-33)39(25)16-20-14-34-35-15-20/h3-5,12,14-15,18,22H,1,6-11,16-17H2,2H3,(H,34,35)(H,37,41). The molecule has 1 saturated heterocycles. The third-order valence-electron chi connectivity index (χ3n) is 7.70. The Morgan fingerprint density at radius 2 is 2.07 bits per heavy atom. The van der Waals surface area contributed by atoms with Gasteiger partial charge in [0.2, 0.25) is 5.91 Å². The molecule has 0 radical (unpaired) electrons. The van der Waals surface area contributed by atoms with Gasteiger partial charge in [-0.15, -0.1) is 0 Å². The number of aromatic amines is 1. The summed E-state index contributed by atoms with van der Waals surface area (Å²) in [5, 5.41) is 20.2. The maximum atomic E-state index is 13.0. The number of likely N-dealkylation sites (tertiary alicyclic amines) is 1. The number of nitriles is 1. The highest BCUT2D eigenvalue weighted by Crippen LogP contribution is 2.31. The number of hydrogen-bond donors (Lipinski definition) is 2. The van der Waals surface area contributed by atoms with Crippen molar-refractivity contribution in [2.24, 2.45) is 0 Å². The summed E-state index contributed by atoms with van der Waals surface area (Å²) in [7, 11) is 0. The number of carbonyl (C=O) groups is 1. The molecule has 5 rings (SSSR count). The first kappa shape index (κ1) is 28.2. The molecule has 2 N–H and O–H groups in total. The van der Waals surface area contributed by atoms with Gasteiger partial charge < -0.3 is 14.5 Å². The van der Waals surface area contributed by atoms with Gasteiger partial charge in [-0.1, -0.05) is 12.6 Å². The Balaban J connectivity index is 1.29. The Bertz CT molecular complexity index is 1580. The van der Waals surface area contributed by atoms with Crippen LogP contribution in [0.1, 0.15) is 53.5 Å². The van der Waals surface area contributed by atoms with E-state index in [0.717, 1.165) is 60.6 Å². The summed E-state index contributed by atoms with van der Waals surface area (Å²) in [6.07, 6.45) is 2.26. The minimum Gasteiger partial charge on any atom is -0.330 e. The van der Waals surface area contributed by atoms with Crippen LogP contribution in [0, 0.1) is 18.3 Å². The second-order valence-corrected chi connectivity index (χ2v) is 10.4. The molecule has 3 aromatic heterocycles. The van der Waals surface area contributed by atoms with Gasteiger partial charge in [-0.25, -0.2) is 4.98 Å². The van der Waals surface area contributed by atoms with E-state index in [4.69, 9.17) is 0 Å². The molecule has 41 heavy (non-hydrogen) atoms. The zero-order valence-corrected chi connectivity index (χ0v) is 22.7. The highest BCUT2D eigenvalue weighted by Gasteiger charge is 2.30. The van der Waals surface area contributed by atoms with E-state index in [1.54, 1.807) is 17.0 Å². The topological polar surface area (TPSA) is 108 Å². The van der Waals surface area contributed by atoms with E-state index in [-0.39, 0.29) is 18.3 Å². The average Bonchev–Trinajstić information content (AvgIpc) is 3.69. The molecule has 4 aromatic rings. The molecule has 12 heteroatoms. The third-order valence-corrected chi connectivity index (χ3v) is 7.70. The van der Waals surface area contributed by atoms with E-state index in [1.807, 2.05) is 16.8 Å². The number of nitrogens with zero attached hydrogens (tertiary/aromatic N) is 6. The van der Waals surface area contributed by atoms with E-state index in [2.05, 4.69) is 57.1 Å². The number of nitrogens with one attached hydrogen (secondary N) is 2. The molecule has 0 atom stereocenters. The van der Waals surface area contributed by atoms with Crippen LogP contribution in [-0.2, 0) is 24.3 Å². The number of imidazole rings is 1. The van der Waals surface area contributed by atoms with Crippen molar-refractivity contribution in [2.75, 3.05) is 18.4 Å². The van der Waals surface area contributed by atoms with E-state index in [9.17, 15) is 23.2 Å². The number of benzene rings is 1. The summed E-state index contributed by atoms with van der Waals surface area (Å²) in [4.78, 5) is 18.4. The molecule has 4 heterocycles. The van der Waals surface area contributed by atoms with Crippen LogP contribution in [0.5, 0.6) is 0 Å². The minimum atomic E-state index is -4.29. The van der Waals surface area contributed by atoms with Gasteiger partial charge >= 0.3 is 6.18 Å². The van der Waals surface area contributed by atoms with Crippen molar-refractivity contribution in [1.29, 1.82) is 5.26 Å². The number of halogens is 3. The Hall–Kier alpha value is -4.37. The lowest BCUT2D eigenvalue weighted by Crippen LogP contribution is -2.34. The van der Waals surface area contributed by atoms with Gasteiger partial charge in [0.25, 0.3) is 0 Å². The maximum Gasteiger partial charge on any atom is 0.389 e. The molecule has 0 spiro atoms. The number of piperidine rings is 1. The SMILES string of the molecule is C=CC(=O)Nc1cn(C2CCN(Cc3ccc4c(cc(C#N)n4Cc4cn[nH]c4)c3C)CC2)c(CCC(F)(F)F)n1. The molecule has 0 bridgehead atoms. The number of H-pyrrole nitrogens is 1. The maximum absolute atomic E-state index is 13.0. The fourth-order valence-corrected chi connectivity index (χ4v) is 5.52. The van der Waals surface area contributed by atoms with Crippen molar-refractivity contribution in [1.82, 2.24) is 29.2 Å². The van der Waals surface area contributed by atoms with Gasteiger partial charge in [0.1, 0.15) is 17.6 Å². The predicted octanol–water partition coefficient (Wildman–Crippen LogP) is 5.25. The van der Waals surface area contributed by atoms with Crippen molar-refractivity contribution < 1.29 is 18.0 Å². The van der Waals surface area contributed by atoms with Crippen LogP contribution in [0.2, 0.25) is 0 Å². The van der Waals surface area contributed by atoms with Crippen molar-refractivity contribution in [2.45, 2.75) is 57.9 Å². The summed E-state index contributed by atoms with van der Waals surface area (Å²) < 4.78 is 42.7. The van der Waals surface area contributed by atoms with E-state index in [1.165, 1.54) is 5.56 Å². The number of aromatic nitrogens is 5. The number of alkyl halides is 3. The van der Waals surface area contributed by atoms with Crippen molar-refractivity contribution in [3.05, 3.63) is 77.7 Å². The fraction of sp³-hybridized carbons (Fsp3) is 0.379. The smallest absolute Gasteiger partial charge is 0.330 e. The molecule has 1 amide bonds. The normalized spacial score (nSPS) is 14.8. The molecule has 1 fully saturated rings. The molecule has 0 unspecified atom stereocenters. The minimum absolute atomic E-state index is 0.0184. The number of anilines is 1. The first-order chi connectivity index (χ1) is 19.6. The second kappa shape index (κ2) is 11.6. The second-order valence-electron chi connectivity index (χ2n) is 10.4. The third kappa shape index (κ3) is 6.36. The van der Waals surface area contributed by atoms with Crippen LogP contribution in [-0.4, -0.2) is 54.4 Å². The number of fused-ring (bicyclic) bond motifs is 1. The number of hydrogen-bond acceptors (Lipinski definition) is 5. The zero-order valence-electron chi connectivity index (χ0n) is 22.7. The molecule has 0 saturated carbocycles. The summed E-state index contributed by atoms with van der Waals surface area (Å²) >= 11 is 0. The molecule has 214 valence electrons. The highest BCUT2D eigenvalue weighted by molar-refractivity contribution is 5.98. The van der Waals surface area contributed by atoms with Gasteiger partial charge in [-0.3, -0.25) is 14.8 Å². The highest BCUT2D eigenvalue weighted by atomic mass is 19.4. The average molecular weight is 565 g/mol. The summed E-state index contributed by atoms with van der Waals surface area (Å²) in [5.74, 6) is 0.0856. The zero-order chi connectivity index (χ0) is 29.1. The van der Waals surface area contributed by atoms with Crippen molar-refractivity contribution in [3.8, 4) is 6.07 Å². The molecular weight excluding hydrogens is 533 g/mol. The van der Waals surface area contributed by atoms with Crippen molar-refractivity contribution >= 4 is 22.6 Å². The fourth-order valence-electron chi connectivity index (χ4n) is 5.52. The molecule has 1 aromatic carbocycles.